The topological polar surface area (TPSA) is 131 Å². The van der Waals surface area contributed by atoms with Crippen LogP contribution in [0, 0.1) is 17.8 Å². The van der Waals surface area contributed by atoms with E-state index in [0.717, 1.165) is 5.56 Å². The lowest BCUT2D eigenvalue weighted by Crippen LogP contribution is -2.49. The van der Waals surface area contributed by atoms with Crippen LogP contribution in [0.5, 0.6) is 5.75 Å². The summed E-state index contributed by atoms with van der Waals surface area (Å²) < 4.78 is 11.6. The third-order valence-electron chi connectivity index (χ3n) is 7.22. The molecule has 0 spiro atoms. The number of benzene rings is 2. The SMILES string of the molecule is CC(C)CC1OC(=O)C(C)CNC(=O)C(Cc2cc(Cl)c(O)c(Cl)c2)NC(=O)C=CCC(C(C)C=Cc2ccccc2)OC1=O. The molecule has 3 rings (SSSR count). The number of carbonyl (C=O) groups excluding carboxylic acids is 4. The van der Waals surface area contributed by atoms with Gasteiger partial charge in [-0.1, -0.05) is 99.5 Å². The Labute approximate surface area is 274 Å². The number of hydrogen-bond donors (Lipinski definition) is 3. The van der Waals surface area contributed by atoms with Gasteiger partial charge in [-0.2, -0.15) is 0 Å². The highest BCUT2D eigenvalue weighted by Gasteiger charge is 2.32. The Morgan fingerprint density at radius 2 is 1.67 bits per heavy atom. The molecule has 0 radical (unpaired) electrons. The highest BCUT2D eigenvalue weighted by atomic mass is 35.5. The minimum atomic E-state index is -1.14. The molecule has 0 aliphatic carbocycles. The van der Waals surface area contributed by atoms with Crippen molar-refractivity contribution >= 4 is 53.0 Å². The fourth-order valence-corrected chi connectivity index (χ4v) is 5.13. The molecule has 2 amide bonds. The summed E-state index contributed by atoms with van der Waals surface area (Å²) in [6.07, 6.45) is 5.31. The summed E-state index contributed by atoms with van der Waals surface area (Å²) in [5, 5.41) is 15.3. The Balaban J connectivity index is 1.91. The molecule has 1 heterocycles. The lowest BCUT2D eigenvalue weighted by molar-refractivity contribution is -0.175. The maximum Gasteiger partial charge on any atom is 0.347 e. The zero-order valence-electron chi connectivity index (χ0n) is 25.8. The zero-order valence-corrected chi connectivity index (χ0v) is 27.3. The van der Waals surface area contributed by atoms with Gasteiger partial charge < -0.3 is 25.2 Å². The molecule has 1 aliphatic rings. The lowest BCUT2D eigenvalue weighted by atomic mass is 9.99. The van der Waals surface area contributed by atoms with Gasteiger partial charge in [0.1, 0.15) is 12.1 Å². The maximum absolute atomic E-state index is 13.4. The molecule has 0 saturated carbocycles. The summed E-state index contributed by atoms with van der Waals surface area (Å²) in [5.74, 6) is -3.79. The van der Waals surface area contributed by atoms with Gasteiger partial charge in [-0.3, -0.25) is 14.4 Å². The molecule has 2 aromatic carbocycles. The van der Waals surface area contributed by atoms with Gasteiger partial charge in [0, 0.05) is 25.3 Å². The molecule has 9 nitrogen and oxygen atoms in total. The van der Waals surface area contributed by atoms with E-state index in [9.17, 15) is 24.3 Å². The number of nitrogens with one attached hydrogen (secondary N) is 2. The van der Waals surface area contributed by atoms with Crippen LogP contribution in [-0.4, -0.2) is 53.7 Å². The number of esters is 2. The smallest absolute Gasteiger partial charge is 0.347 e. The predicted molar refractivity (Wildman–Crippen MR) is 174 cm³/mol. The predicted octanol–water partition coefficient (Wildman–Crippen LogP) is 5.66. The van der Waals surface area contributed by atoms with Gasteiger partial charge in [-0.25, -0.2) is 4.79 Å². The highest BCUT2D eigenvalue weighted by molar-refractivity contribution is 6.37. The lowest BCUT2D eigenvalue weighted by Gasteiger charge is -2.26. The highest BCUT2D eigenvalue weighted by Crippen LogP contribution is 2.33. The number of aromatic hydroxyl groups is 1. The van der Waals surface area contributed by atoms with Crippen LogP contribution < -0.4 is 10.6 Å². The van der Waals surface area contributed by atoms with E-state index in [4.69, 9.17) is 32.7 Å². The zero-order chi connectivity index (χ0) is 33.1. The third kappa shape index (κ3) is 11.2. The third-order valence-corrected chi connectivity index (χ3v) is 7.80. The van der Waals surface area contributed by atoms with Gasteiger partial charge in [0.05, 0.1) is 16.0 Å². The molecule has 0 bridgehead atoms. The van der Waals surface area contributed by atoms with E-state index in [2.05, 4.69) is 10.6 Å². The standard InChI is InChI=1S/C34H40Cl2N2O7/c1-20(2)15-29-34(43)44-28(21(3)13-14-23-9-6-5-7-10-23)11-8-12-30(39)38-27(32(41)37-19-22(4)33(42)45-29)18-24-16-25(35)31(40)26(36)17-24/h5-10,12-14,16-17,20-22,27-29,40H,11,15,18-19H2,1-4H3,(H,37,41)(H,38,39). The Bertz CT molecular complexity index is 1390. The molecule has 0 saturated heterocycles. The normalized spacial score (nSPS) is 22.9. The van der Waals surface area contributed by atoms with Crippen molar-refractivity contribution < 1.29 is 33.8 Å². The molecule has 0 fully saturated rings. The Morgan fingerprint density at radius 3 is 2.31 bits per heavy atom. The number of ether oxygens (including phenoxy) is 2. The summed E-state index contributed by atoms with van der Waals surface area (Å²) in [6, 6.07) is 11.5. The van der Waals surface area contributed by atoms with E-state index < -0.39 is 47.9 Å². The van der Waals surface area contributed by atoms with Gasteiger partial charge in [-0.05, 0) is 41.7 Å². The van der Waals surface area contributed by atoms with Crippen molar-refractivity contribution in [1.29, 1.82) is 0 Å². The average Bonchev–Trinajstić information content (AvgIpc) is 2.99. The average molecular weight is 660 g/mol. The Morgan fingerprint density at radius 1 is 1.00 bits per heavy atom. The largest absolute Gasteiger partial charge is 0.505 e. The maximum atomic E-state index is 13.4. The molecule has 11 heteroatoms. The second kappa shape index (κ2) is 17.0. The number of halogens is 2. The summed E-state index contributed by atoms with van der Waals surface area (Å²) in [5.41, 5.74) is 1.47. The molecular formula is C34H40Cl2N2O7. The number of phenols is 1. The van der Waals surface area contributed by atoms with Crippen LogP contribution in [0.15, 0.2) is 60.7 Å². The monoisotopic (exact) mass is 658 g/mol. The number of rotatable bonds is 7. The van der Waals surface area contributed by atoms with Gasteiger partial charge >= 0.3 is 11.9 Å². The number of amides is 2. The first-order valence-electron chi connectivity index (χ1n) is 14.9. The minimum Gasteiger partial charge on any atom is -0.505 e. The molecule has 5 atom stereocenters. The minimum absolute atomic E-state index is 0.000629. The first kappa shape index (κ1) is 35.7. The Kier molecular flexibility index (Phi) is 13.5. The molecule has 242 valence electrons. The van der Waals surface area contributed by atoms with Crippen LogP contribution >= 0.6 is 23.2 Å². The van der Waals surface area contributed by atoms with Crippen molar-refractivity contribution in [3.63, 3.8) is 0 Å². The van der Waals surface area contributed by atoms with Crippen molar-refractivity contribution in [2.75, 3.05) is 6.54 Å². The summed E-state index contributed by atoms with van der Waals surface area (Å²) in [4.78, 5) is 52.6. The van der Waals surface area contributed by atoms with Crippen molar-refractivity contribution in [3.8, 4) is 5.75 Å². The molecule has 3 N–H and O–H groups in total. The van der Waals surface area contributed by atoms with Crippen LogP contribution in [0.25, 0.3) is 6.08 Å². The van der Waals surface area contributed by atoms with Crippen LogP contribution in [0.1, 0.15) is 51.7 Å². The number of carbonyl (C=O) groups is 4. The number of phenolic OH excluding ortho intramolecular Hbond substituents is 1. The van der Waals surface area contributed by atoms with Crippen molar-refractivity contribution in [3.05, 3.63) is 81.9 Å². The first-order chi connectivity index (χ1) is 21.3. The van der Waals surface area contributed by atoms with Gasteiger partial charge in [-0.15, -0.1) is 0 Å². The van der Waals surface area contributed by atoms with Crippen molar-refractivity contribution in [1.82, 2.24) is 10.6 Å². The van der Waals surface area contributed by atoms with E-state index in [-0.39, 0.29) is 53.4 Å². The number of cyclic esters (lactones) is 2. The molecule has 2 aromatic rings. The molecule has 0 aromatic heterocycles. The first-order valence-corrected chi connectivity index (χ1v) is 15.7. The number of hydrogen-bond acceptors (Lipinski definition) is 7. The van der Waals surface area contributed by atoms with Crippen molar-refractivity contribution in [2.45, 2.75) is 65.2 Å². The van der Waals surface area contributed by atoms with Crippen LogP contribution in [-0.2, 0) is 35.1 Å². The van der Waals surface area contributed by atoms with Gasteiger partial charge in [0.2, 0.25) is 11.8 Å². The Hall–Kier alpha value is -3.82. The van der Waals surface area contributed by atoms with E-state index in [1.165, 1.54) is 18.2 Å². The molecule has 45 heavy (non-hydrogen) atoms. The van der Waals surface area contributed by atoms with E-state index in [1.807, 2.05) is 63.3 Å². The molecule has 1 aliphatic heterocycles. The van der Waals surface area contributed by atoms with Crippen molar-refractivity contribution in [2.24, 2.45) is 17.8 Å². The van der Waals surface area contributed by atoms with E-state index in [0.29, 0.717) is 5.56 Å². The van der Waals surface area contributed by atoms with Crippen LogP contribution in [0.2, 0.25) is 10.0 Å². The quantitative estimate of drug-likeness (QED) is 0.327. The second-order valence-corrected chi connectivity index (χ2v) is 12.4. The van der Waals surface area contributed by atoms with Gasteiger partial charge in [0.15, 0.2) is 11.9 Å². The molecule has 5 unspecified atom stereocenters. The summed E-state index contributed by atoms with van der Waals surface area (Å²) in [6.45, 7) is 7.16. The van der Waals surface area contributed by atoms with E-state index in [1.54, 1.807) is 13.0 Å². The van der Waals surface area contributed by atoms with Crippen LogP contribution in [0.4, 0.5) is 0 Å². The van der Waals surface area contributed by atoms with Crippen LogP contribution in [0.3, 0.4) is 0 Å². The second-order valence-electron chi connectivity index (χ2n) is 11.6. The fourth-order valence-electron chi connectivity index (χ4n) is 4.59. The summed E-state index contributed by atoms with van der Waals surface area (Å²) in [7, 11) is 0. The summed E-state index contributed by atoms with van der Waals surface area (Å²) >= 11 is 12.1. The van der Waals surface area contributed by atoms with Gasteiger partial charge in [0.25, 0.3) is 0 Å². The fraction of sp³-hybridized carbons (Fsp3) is 0.412. The molecular weight excluding hydrogens is 619 g/mol. The van der Waals surface area contributed by atoms with E-state index >= 15 is 0 Å².